The molecule has 0 spiro atoms. The average Bonchev–Trinajstić information content (AvgIpc) is 2.14. The zero-order valence-electron chi connectivity index (χ0n) is 10.3. The van der Waals surface area contributed by atoms with Crippen molar-refractivity contribution in [2.24, 2.45) is 0 Å². The fourth-order valence-corrected chi connectivity index (χ4v) is 1.11. The van der Waals surface area contributed by atoms with Crippen molar-refractivity contribution >= 4 is 16.0 Å². The molecule has 0 bridgehead atoms. The topological polar surface area (TPSA) is 83.5 Å². The lowest BCUT2D eigenvalue weighted by molar-refractivity contribution is -0.121. The number of unbranched alkanes of at least 4 members (excludes halogenated alkanes) is 1. The lowest BCUT2D eigenvalue weighted by Gasteiger charge is -2.02. The minimum atomic E-state index is -3.96. The van der Waals surface area contributed by atoms with Crippen molar-refractivity contribution in [1.29, 1.82) is 0 Å². The molecule has 0 saturated heterocycles. The molecule has 1 amide bonds. The molecule has 0 rings (SSSR count). The van der Waals surface area contributed by atoms with Gasteiger partial charge in [0.05, 0.1) is 5.75 Å². The molecule has 0 heterocycles. The number of carbonyl (C=O) groups excluding carboxylic acids is 1. The molecule has 0 aromatic carbocycles. The van der Waals surface area contributed by atoms with E-state index in [4.69, 9.17) is 4.55 Å². The minimum absolute atomic E-state index is 0.0264. The van der Waals surface area contributed by atoms with Crippen molar-refractivity contribution in [2.45, 2.75) is 46.5 Å². The van der Waals surface area contributed by atoms with Crippen LogP contribution in [0, 0.1) is 0 Å². The Morgan fingerprint density at radius 1 is 1.25 bits per heavy atom. The Balaban J connectivity index is 0. The number of amides is 1. The van der Waals surface area contributed by atoms with Gasteiger partial charge in [-0.1, -0.05) is 33.6 Å². The van der Waals surface area contributed by atoms with E-state index >= 15 is 0 Å². The molecule has 0 fully saturated rings. The van der Waals surface area contributed by atoms with E-state index in [-0.39, 0.29) is 12.5 Å². The van der Waals surface area contributed by atoms with E-state index in [9.17, 15) is 13.2 Å². The summed E-state index contributed by atoms with van der Waals surface area (Å²) in [5, 5.41) is 2.40. The van der Waals surface area contributed by atoms with Crippen molar-refractivity contribution in [2.75, 3.05) is 12.3 Å². The third-order valence-electron chi connectivity index (χ3n) is 1.44. The molecular formula is C10H23NO4S. The van der Waals surface area contributed by atoms with E-state index < -0.39 is 15.9 Å². The van der Waals surface area contributed by atoms with E-state index in [0.717, 1.165) is 12.8 Å². The molecule has 0 saturated carbocycles. The number of hydrogen-bond acceptors (Lipinski definition) is 3. The normalized spacial score (nSPS) is 10.2. The van der Waals surface area contributed by atoms with Crippen LogP contribution in [0.5, 0.6) is 0 Å². The Labute approximate surface area is 98.4 Å². The highest BCUT2D eigenvalue weighted by Gasteiger charge is 2.05. The Kier molecular flexibility index (Phi) is 12.1. The Bertz CT molecular complexity index is 262. The van der Waals surface area contributed by atoms with Crippen LogP contribution < -0.4 is 5.32 Å². The third kappa shape index (κ3) is 19.0. The smallest absolute Gasteiger partial charge is 0.266 e. The maximum absolute atomic E-state index is 10.9. The van der Waals surface area contributed by atoms with Gasteiger partial charge in [-0.2, -0.15) is 8.42 Å². The number of carbonyl (C=O) groups is 1. The fraction of sp³-hybridized carbons (Fsp3) is 0.900. The van der Waals surface area contributed by atoms with Crippen molar-refractivity contribution in [1.82, 2.24) is 5.32 Å². The fourth-order valence-electron chi connectivity index (χ4n) is 0.745. The van der Waals surface area contributed by atoms with Gasteiger partial charge < -0.3 is 5.32 Å². The first kappa shape index (κ1) is 17.8. The van der Waals surface area contributed by atoms with E-state index in [1.54, 1.807) is 0 Å². The summed E-state index contributed by atoms with van der Waals surface area (Å²) in [6.45, 7) is 6.19. The average molecular weight is 253 g/mol. The Hall–Kier alpha value is -0.620. The summed E-state index contributed by atoms with van der Waals surface area (Å²) in [7, 11) is -3.96. The molecule has 16 heavy (non-hydrogen) atoms. The van der Waals surface area contributed by atoms with Gasteiger partial charge in [-0.15, -0.1) is 0 Å². The zero-order chi connectivity index (χ0) is 13.0. The predicted octanol–water partition coefficient (Wildman–Crippen LogP) is 1.60. The predicted molar refractivity (Wildman–Crippen MR) is 64.9 cm³/mol. The summed E-state index contributed by atoms with van der Waals surface area (Å²) in [5.41, 5.74) is 0. The molecule has 0 unspecified atom stereocenters. The van der Waals surface area contributed by atoms with Gasteiger partial charge in [0.1, 0.15) is 0 Å². The third-order valence-corrected chi connectivity index (χ3v) is 2.16. The quantitative estimate of drug-likeness (QED) is 0.704. The van der Waals surface area contributed by atoms with Crippen LogP contribution in [0.2, 0.25) is 0 Å². The van der Waals surface area contributed by atoms with Crippen LogP contribution in [0.15, 0.2) is 0 Å². The van der Waals surface area contributed by atoms with Crippen LogP contribution in [-0.4, -0.2) is 31.2 Å². The van der Waals surface area contributed by atoms with Gasteiger partial charge in [-0.25, -0.2) is 0 Å². The maximum atomic E-state index is 10.9. The monoisotopic (exact) mass is 253 g/mol. The minimum Gasteiger partial charge on any atom is -0.355 e. The number of rotatable bonds is 6. The first-order valence-corrected chi connectivity index (χ1v) is 7.20. The molecule has 0 aromatic heterocycles. The Morgan fingerprint density at radius 3 is 2.12 bits per heavy atom. The second kappa shape index (κ2) is 10.9. The van der Waals surface area contributed by atoms with E-state index in [1.165, 1.54) is 6.42 Å². The first-order valence-electron chi connectivity index (χ1n) is 5.59. The summed E-state index contributed by atoms with van der Waals surface area (Å²) in [5.74, 6) is -0.601. The second-order valence-corrected chi connectivity index (χ2v) is 5.02. The summed E-state index contributed by atoms with van der Waals surface area (Å²) >= 11 is 0. The summed E-state index contributed by atoms with van der Waals surface area (Å²) in [6.07, 6.45) is 3.37. The van der Waals surface area contributed by atoms with Crippen LogP contribution in [0.25, 0.3) is 0 Å². The molecule has 0 aromatic rings. The summed E-state index contributed by atoms with van der Waals surface area (Å²) < 4.78 is 28.8. The standard InChI is InChI=1S/C7H15NO4S.C3H8/c1-2-3-4-7(9)8-5-6-13(10,11)12;1-3-2/h2-6H2,1H3,(H,8,9)(H,10,11,12);3H2,1-2H3. The van der Waals surface area contributed by atoms with Gasteiger partial charge in [0.15, 0.2) is 0 Å². The van der Waals surface area contributed by atoms with Crippen molar-refractivity contribution < 1.29 is 17.8 Å². The molecule has 0 aliphatic rings. The largest absolute Gasteiger partial charge is 0.355 e. The van der Waals surface area contributed by atoms with Crippen LogP contribution >= 0.6 is 0 Å². The molecular weight excluding hydrogens is 230 g/mol. The van der Waals surface area contributed by atoms with E-state index in [1.807, 2.05) is 6.92 Å². The molecule has 5 nitrogen and oxygen atoms in total. The lowest BCUT2D eigenvalue weighted by Crippen LogP contribution is -2.28. The van der Waals surface area contributed by atoms with Gasteiger partial charge in [0.25, 0.3) is 10.1 Å². The Morgan fingerprint density at radius 2 is 1.75 bits per heavy atom. The molecule has 0 aliphatic carbocycles. The molecule has 6 heteroatoms. The van der Waals surface area contributed by atoms with Gasteiger partial charge >= 0.3 is 0 Å². The van der Waals surface area contributed by atoms with Crippen LogP contribution in [-0.2, 0) is 14.9 Å². The molecule has 2 N–H and O–H groups in total. The highest BCUT2D eigenvalue weighted by molar-refractivity contribution is 7.85. The molecule has 0 atom stereocenters. The lowest BCUT2D eigenvalue weighted by atomic mass is 10.2. The van der Waals surface area contributed by atoms with Gasteiger partial charge in [0.2, 0.25) is 5.91 Å². The highest BCUT2D eigenvalue weighted by Crippen LogP contribution is 1.92. The summed E-state index contributed by atoms with van der Waals surface area (Å²) in [6, 6.07) is 0. The molecule has 0 radical (unpaired) electrons. The highest BCUT2D eigenvalue weighted by atomic mass is 32.2. The van der Waals surface area contributed by atoms with Crippen LogP contribution in [0.1, 0.15) is 46.5 Å². The van der Waals surface area contributed by atoms with Crippen molar-refractivity contribution in [3.63, 3.8) is 0 Å². The van der Waals surface area contributed by atoms with Crippen molar-refractivity contribution in [3.05, 3.63) is 0 Å². The van der Waals surface area contributed by atoms with Gasteiger partial charge in [-0.3, -0.25) is 9.35 Å². The summed E-state index contributed by atoms with van der Waals surface area (Å²) in [4.78, 5) is 10.9. The van der Waals surface area contributed by atoms with Crippen LogP contribution in [0.4, 0.5) is 0 Å². The first-order chi connectivity index (χ1) is 7.37. The number of nitrogens with one attached hydrogen (secondary N) is 1. The molecule has 98 valence electrons. The maximum Gasteiger partial charge on any atom is 0.266 e. The van der Waals surface area contributed by atoms with Gasteiger partial charge in [-0.05, 0) is 6.42 Å². The SMILES string of the molecule is CCC.CCCCC(=O)NCCS(=O)(=O)O. The number of hydrogen-bond donors (Lipinski definition) is 2. The van der Waals surface area contributed by atoms with E-state index in [0.29, 0.717) is 6.42 Å². The van der Waals surface area contributed by atoms with E-state index in [2.05, 4.69) is 19.2 Å². The van der Waals surface area contributed by atoms with Crippen molar-refractivity contribution in [3.8, 4) is 0 Å². The molecule has 0 aliphatic heterocycles. The van der Waals surface area contributed by atoms with Crippen LogP contribution in [0.3, 0.4) is 0 Å². The second-order valence-electron chi connectivity index (χ2n) is 3.45. The van der Waals surface area contributed by atoms with Gasteiger partial charge in [0, 0.05) is 13.0 Å². The zero-order valence-corrected chi connectivity index (χ0v) is 11.1.